The van der Waals surface area contributed by atoms with Gasteiger partial charge < -0.3 is 19.9 Å². The highest BCUT2D eigenvalue weighted by molar-refractivity contribution is 5.67. The average Bonchev–Trinajstić information content (AvgIpc) is 2.61. The average molecular weight is 315 g/mol. The summed E-state index contributed by atoms with van der Waals surface area (Å²) in [5, 5.41) is 11.9. The van der Waals surface area contributed by atoms with Gasteiger partial charge in [-0.2, -0.15) is 0 Å². The largest absolute Gasteiger partial charge is 0.445 e. The molecule has 5 nitrogen and oxygen atoms in total. The van der Waals surface area contributed by atoms with Gasteiger partial charge in [0, 0.05) is 0 Å². The van der Waals surface area contributed by atoms with Crippen LogP contribution in [-0.4, -0.2) is 30.5 Å². The Kier molecular flexibility index (Phi) is 7.10. The van der Waals surface area contributed by atoms with Gasteiger partial charge in [0.25, 0.3) is 0 Å². The van der Waals surface area contributed by atoms with Crippen LogP contribution in [-0.2, 0) is 22.7 Å². The molecule has 23 heavy (non-hydrogen) atoms. The number of carbonyl (C=O) groups is 1. The maximum Gasteiger partial charge on any atom is 0.407 e. The van der Waals surface area contributed by atoms with Gasteiger partial charge in [-0.15, -0.1) is 0 Å². The van der Waals surface area contributed by atoms with Crippen molar-refractivity contribution in [1.29, 1.82) is 0 Å². The molecule has 2 aromatic carbocycles. The first-order valence-corrected chi connectivity index (χ1v) is 7.47. The maximum atomic E-state index is 11.7. The van der Waals surface area contributed by atoms with Crippen molar-refractivity contribution in [2.24, 2.45) is 0 Å². The van der Waals surface area contributed by atoms with Crippen molar-refractivity contribution in [3.8, 4) is 0 Å². The minimum Gasteiger partial charge on any atom is -0.445 e. The van der Waals surface area contributed by atoms with E-state index >= 15 is 0 Å². The molecule has 0 fully saturated rings. The first-order valence-electron chi connectivity index (χ1n) is 7.47. The third-order valence-corrected chi connectivity index (χ3v) is 3.19. The van der Waals surface area contributed by atoms with Crippen molar-refractivity contribution < 1.29 is 19.4 Å². The van der Waals surface area contributed by atoms with Gasteiger partial charge in [0.15, 0.2) is 0 Å². The van der Waals surface area contributed by atoms with E-state index in [0.717, 1.165) is 11.1 Å². The van der Waals surface area contributed by atoms with Crippen LogP contribution in [0.1, 0.15) is 11.1 Å². The number of amides is 1. The van der Waals surface area contributed by atoms with Gasteiger partial charge in [-0.3, -0.25) is 0 Å². The van der Waals surface area contributed by atoms with E-state index in [1.165, 1.54) is 0 Å². The van der Waals surface area contributed by atoms with E-state index in [2.05, 4.69) is 5.32 Å². The molecule has 0 radical (unpaired) electrons. The molecule has 2 N–H and O–H groups in total. The molecule has 0 bridgehead atoms. The number of hydrogen-bond acceptors (Lipinski definition) is 4. The number of hydrogen-bond donors (Lipinski definition) is 2. The summed E-state index contributed by atoms with van der Waals surface area (Å²) in [4.78, 5) is 11.7. The quantitative estimate of drug-likeness (QED) is 0.785. The predicted octanol–water partition coefficient (Wildman–Crippen LogP) is 2.49. The van der Waals surface area contributed by atoms with Crippen LogP contribution in [0.3, 0.4) is 0 Å². The van der Waals surface area contributed by atoms with E-state index in [0.29, 0.717) is 6.61 Å². The second kappa shape index (κ2) is 9.61. The Labute approximate surface area is 135 Å². The summed E-state index contributed by atoms with van der Waals surface area (Å²) in [6.45, 7) is 0.620. The summed E-state index contributed by atoms with van der Waals surface area (Å²) in [6.07, 6.45) is -0.573. The molecule has 0 saturated heterocycles. The Morgan fingerprint density at radius 1 is 0.957 bits per heavy atom. The SMILES string of the molecule is O=C(NC(CO)COCc1ccccc1)OCc1ccccc1. The number of aliphatic hydroxyl groups excluding tert-OH is 1. The molecule has 1 unspecified atom stereocenters. The van der Waals surface area contributed by atoms with E-state index < -0.39 is 12.1 Å². The summed E-state index contributed by atoms with van der Waals surface area (Å²) in [5.41, 5.74) is 1.94. The molecule has 122 valence electrons. The van der Waals surface area contributed by atoms with Crippen LogP contribution in [0.5, 0.6) is 0 Å². The van der Waals surface area contributed by atoms with E-state index in [4.69, 9.17) is 9.47 Å². The molecule has 5 heteroatoms. The van der Waals surface area contributed by atoms with Crippen LogP contribution in [0, 0.1) is 0 Å². The van der Waals surface area contributed by atoms with Gasteiger partial charge in [0.05, 0.1) is 25.9 Å². The van der Waals surface area contributed by atoms with E-state index in [-0.39, 0.29) is 19.8 Å². The van der Waals surface area contributed by atoms with Crippen molar-refractivity contribution in [3.05, 3.63) is 71.8 Å². The van der Waals surface area contributed by atoms with Gasteiger partial charge in [-0.05, 0) is 11.1 Å². The predicted molar refractivity (Wildman–Crippen MR) is 86.7 cm³/mol. The van der Waals surface area contributed by atoms with Crippen LogP contribution in [0.15, 0.2) is 60.7 Å². The summed E-state index contributed by atoms with van der Waals surface area (Å²) in [5.74, 6) is 0. The monoisotopic (exact) mass is 315 g/mol. The normalized spacial score (nSPS) is 11.7. The molecule has 0 spiro atoms. The fourth-order valence-electron chi connectivity index (χ4n) is 1.96. The molecule has 0 saturated carbocycles. The van der Waals surface area contributed by atoms with Gasteiger partial charge in [-0.1, -0.05) is 60.7 Å². The van der Waals surface area contributed by atoms with Crippen molar-refractivity contribution in [2.45, 2.75) is 19.3 Å². The highest BCUT2D eigenvalue weighted by Crippen LogP contribution is 2.02. The molecule has 2 rings (SSSR count). The standard InChI is InChI=1S/C18H21NO4/c20-11-17(14-22-12-15-7-3-1-4-8-15)19-18(21)23-13-16-9-5-2-6-10-16/h1-10,17,20H,11-14H2,(H,19,21). The lowest BCUT2D eigenvalue weighted by molar-refractivity contribution is 0.0707. The lowest BCUT2D eigenvalue weighted by atomic mass is 10.2. The number of nitrogens with one attached hydrogen (secondary N) is 1. The number of ether oxygens (including phenoxy) is 2. The summed E-state index contributed by atoms with van der Waals surface area (Å²) in [6, 6.07) is 18.6. The molecular formula is C18H21NO4. The Morgan fingerprint density at radius 3 is 2.09 bits per heavy atom. The summed E-state index contributed by atoms with van der Waals surface area (Å²) in [7, 11) is 0. The van der Waals surface area contributed by atoms with E-state index in [1.807, 2.05) is 60.7 Å². The van der Waals surface area contributed by atoms with Crippen molar-refractivity contribution in [1.82, 2.24) is 5.32 Å². The first kappa shape index (κ1) is 17.0. The zero-order chi connectivity index (χ0) is 16.3. The number of aliphatic hydroxyl groups is 1. The molecule has 0 aromatic heterocycles. The number of alkyl carbamates (subject to hydrolysis) is 1. The van der Waals surface area contributed by atoms with Crippen LogP contribution in [0.4, 0.5) is 4.79 Å². The number of rotatable bonds is 8. The fraction of sp³-hybridized carbons (Fsp3) is 0.278. The number of carbonyl (C=O) groups excluding carboxylic acids is 1. The van der Waals surface area contributed by atoms with E-state index in [9.17, 15) is 9.90 Å². The second-order valence-electron chi connectivity index (χ2n) is 5.09. The van der Waals surface area contributed by atoms with Gasteiger partial charge in [0.1, 0.15) is 6.61 Å². The molecule has 1 amide bonds. The summed E-state index contributed by atoms with van der Waals surface area (Å²) >= 11 is 0. The lowest BCUT2D eigenvalue weighted by Crippen LogP contribution is -2.41. The minimum absolute atomic E-state index is 0.190. The van der Waals surface area contributed by atoms with Crippen LogP contribution >= 0.6 is 0 Å². The minimum atomic E-state index is -0.573. The van der Waals surface area contributed by atoms with Crippen LogP contribution in [0.25, 0.3) is 0 Å². The second-order valence-corrected chi connectivity index (χ2v) is 5.09. The third-order valence-electron chi connectivity index (χ3n) is 3.19. The molecule has 0 aliphatic rings. The van der Waals surface area contributed by atoms with Crippen molar-refractivity contribution in [2.75, 3.05) is 13.2 Å². The van der Waals surface area contributed by atoms with Gasteiger partial charge in [-0.25, -0.2) is 4.79 Å². The fourth-order valence-corrected chi connectivity index (χ4v) is 1.96. The Morgan fingerprint density at radius 2 is 1.52 bits per heavy atom. The van der Waals surface area contributed by atoms with E-state index in [1.54, 1.807) is 0 Å². The highest BCUT2D eigenvalue weighted by Gasteiger charge is 2.12. The van der Waals surface area contributed by atoms with Gasteiger partial charge in [0.2, 0.25) is 0 Å². The molecular weight excluding hydrogens is 294 g/mol. The summed E-state index contributed by atoms with van der Waals surface area (Å²) < 4.78 is 10.6. The van der Waals surface area contributed by atoms with Crippen molar-refractivity contribution in [3.63, 3.8) is 0 Å². The third kappa shape index (κ3) is 6.50. The van der Waals surface area contributed by atoms with Crippen molar-refractivity contribution >= 4 is 6.09 Å². The Hall–Kier alpha value is -2.37. The molecule has 1 atom stereocenters. The van der Waals surface area contributed by atoms with Crippen LogP contribution < -0.4 is 5.32 Å². The lowest BCUT2D eigenvalue weighted by Gasteiger charge is -2.16. The zero-order valence-electron chi connectivity index (χ0n) is 12.9. The smallest absolute Gasteiger partial charge is 0.407 e. The first-order chi connectivity index (χ1) is 11.3. The zero-order valence-corrected chi connectivity index (χ0v) is 12.9. The Bertz CT molecular complexity index is 574. The number of benzene rings is 2. The van der Waals surface area contributed by atoms with Gasteiger partial charge >= 0.3 is 6.09 Å². The molecule has 0 aliphatic heterocycles. The Balaban J connectivity index is 1.68. The highest BCUT2D eigenvalue weighted by atomic mass is 16.5. The molecule has 0 aliphatic carbocycles. The topological polar surface area (TPSA) is 67.8 Å². The molecule has 2 aromatic rings. The van der Waals surface area contributed by atoms with Crippen LogP contribution in [0.2, 0.25) is 0 Å². The maximum absolute atomic E-state index is 11.7. The molecule has 0 heterocycles.